The average molecular weight is 437 g/mol. The van der Waals surface area contributed by atoms with Crippen molar-refractivity contribution in [1.82, 2.24) is 9.80 Å². The third kappa shape index (κ3) is 3.78. The summed E-state index contributed by atoms with van der Waals surface area (Å²) in [6.07, 6.45) is 4.68. The van der Waals surface area contributed by atoms with Gasteiger partial charge in [-0.2, -0.15) is 0 Å². The molecule has 1 N–H and O–H groups in total. The van der Waals surface area contributed by atoms with Gasteiger partial charge in [-0.1, -0.05) is 26.3 Å². The number of carbonyl (C=O) groups is 3. The van der Waals surface area contributed by atoms with E-state index in [1.54, 1.807) is 17.9 Å². The minimum Gasteiger partial charge on any atom is -0.466 e. The van der Waals surface area contributed by atoms with Crippen LogP contribution in [0.15, 0.2) is 12.7 Å². The number of fused-ring (bicyclic) bond motifs is 1. The van der Waals surface area contributed by atoms with E-state index in [0.29, 0.717) is 32.4 Å². The molecule has 0 aromatic carbocycles. The van der Waals surface area contributed by atoms with Crippen molar-refractivity contribution >= 4 is 17.8 Å². The van der Waals surface area contributed by atoms with Crippen molar-refractivity contribution in [2.24, 2.45) is 11.8 Å². The van der Waals surface area contributed by atoms with Gasteiger partial charge in [0.15, 0.2) is 0 Å². The normalized spacial score (nSPS) is 32.1. The summed E-state index contributed by atoms with van der Waals surface area (Å²) < 4.78 is 11.6. The molecular weight excluding hydrogens is 400 g/mol. The minimum atomic E-state index is -1.05. The molecule has 3 aliphatic heterocycles. The average Bonchev–Trinajstić information content (AvgIpc) is 3.40. The Labute approximate surface area is 184 Å². The molecule has 3 heterocycles. The number of carbonyl (C=O) groups excluding carboxylic acids is 3. The number of hydrogen-bond acceptors (Lipinski definition) is 6. The lowest BCUT2D eigenvalue weighted by molar-refractivity contribution is -0.156. The second kappa shape index (κ2) is 9.69. The molecule has 0 aromatic heterocycles. The zero-order valence-corrected chi connectivity index (χ0v) is 18.9. The number of unbranched alkanes of at least 4 members (excludes halogenated alkanes) is 1. The van der Waals surface area contributed by atoms with Crippen molar-refractivity contribution in [3.8, 4) is 0 Å². The number of esters is 1. The Hall–Kier alpha value is -1.93. The Morgan fingerprint density at radius 1 is 1.42 bits per heavy atom. The fourth-order valence-electron chi connectivity index (χ4n) is 5.65. The fourth-order valence-corrected chi connectivity index (χ4v) is 5.65. The van der Waals surface area contributed by atoms with Crippen LogP contribution in [0.25, 0.3) is 0 Å². The molecule has 0 unspecified atom stereocenters. The minimum absolute atomic E-state index is 0.193. The lowest BCUT2D eigenvalue weighted by Crippen LogP contribution is -2.58. The Kier molecular flexibility index (Phi) is 7.42. The second-order valence-electron chi connectivity index (χ2n) is 8.72. The Morgan fingerprint density at radius 3 is 2.74 bits per heavy atom. The first kappa shape index (κ1) is 23.7. The molecule has 0 aliphatic carbocycles. The van der Waals surface area contributed by atoms with Crippen LogP contribution in [0.4, 0.5) is 0 Å². The van der Waals surface area contributed by atoms with Crippen LogP contribution in [-0.4, -0.2) is 82.8 Å². The van der Waals surface area contributed by atoms with Crippen LogP contribution in [0, 0.1) is 11.8 Å². The molecule has 174 valence electrons. The van der Waals surface area contributed by atoms with Gasteiger partial charge in [-0.25, -0.2) is 0 Å². The van der Waals surface area contributed by atoms with E-state index in [1.807, 2.05) is 6.92 Å². The maximum atomic E-state index is 13.9. The highest BCUT2D eigenvalue weighted by atomic mass is 16.6. The summed E-state index contributed by atoms with van der Waals surface area (Å²) in [5.74, 6) is -2.38. The van der Waals surface area contributed by atoms with Gasteiger partial charge in [0.2, 0.25) is 11.8 Å². The van der Waals surface area contributed by atoms with Crippen molar-refractivity contribution in [3.05, 3.63) is 12.7 Å². The maximum absolute atomic E-state index is 13.9. The van der Waals surface area contributed by atoms with Crippen LogP contribution in [0.3, 0.4) is 0 Å². The van der Waals surface area contributed by atoms with E-state index in [4.69, 9.17) is 9.47 Å². The predicted octanol–water partition coefficient (Wildman–Crippen LogP) is 1.51. The first-order valence-corrected chi connectivity index (χ1v) is 11.6. The molecule has 3 rings (SSSR count). The standard InChI is InChI=1S/C23H36N2O6/c1-5-9-13-24(12-6-2)21(28)19-23-11-10-16(31-23)17(22(29)30-8-4)18(23)20(27)25(19)15(7-3)14-26/h6,15-19,26H,2,5,7-14H2,1,3-4H3/t15-,16-,17+,18+,19-,23+/m0/s1. The zero-order chi connectivity index (χ0) is 22.8. The summed E-state index contributed by atoms with van der Waals surface area (Å²) in [4.78, 5) is 43.6. The highest BCUT2D eigenvalue weighted by molar-refractivity contribution is 5.98. The third-order valence-electron chi connectivity index (χ3n) is 7.05. The van der Waals surface area contributed by atoms with Crippen LogP contribution in [0.5, 0.6) is 0 Å². The van der Waals surface area contributed by atoms with Gasteiger partial charge >= 0.3 is 5.97 Å². The quantitative estimate of drug-likeness (QED) is 0.390. The molecule has 0 radical (unpaired) electrons. The molecule has 0 saturated carbocycles. The van der Waals surface area contributed by atoms with Crippen molar-refractivity contribution in [3.63, 3.8) is 0 Å². The molecule has 1 spiro atoms. The number of ether oxygens (including phenoxy) is 2. The molecular formula is C23H36N2O6. The molecule has 3 fully saturated rings. The highest BCUT2D eigenvalue weighted by Gasteiger charge is 2.75. The van der Waals surface area contributed by atoms with Gasteiger partial charge in [-0.3, -0.25) is 14.4 Å². The van der Waals surface area contributed by atoms with Gasteiger partial charge in [-0.05, 0) is 32.6 Å². The monoisotopic (exact) mass is 436 g/mol. The molecule has 31 heavy (non-hydrogen) atoms. The number of hydrogen-bond donors (Lipinski definition) is 1. The fraction of sp³-hybridized carbons (Fsp3) is 0.783. The molecule has 8 heteroatoms. The SMILES string of the molecule is C=CCN(CCCC)C(=O)[C@@H]1N([C@@H](CC)CO)C(=O)[C@H]2[C@H](C(=O)OCC)[C@@H]3CC[C@]12O3. The lowest BCUT2D eigenvalue weighted by Gasteiger charge is -2.39. The number of amides is 2. The van der Waals surface area contributed by atoms with Gasteiger partial charge in [0.25, 0.3) is 0 Å². The van der Waals surface area contributed by atoms with Crippen molar-refractivity contribution in [2.75, 3.05) is 26.3 Å². The highest BCUT2D eigenvalue weighted by Crippen LogP contribution is 2.59. The summed E-state index contributed by atoms with van der Waals surface area (Å²) in [5, 5.41) is 10.0. The van der Waals surface area contributed by atoms with Crippen LogP contribution in [0.1, 0.15) is 52.9 Å². The summed E-state index contributed by atoms with van der Waals surface area (Å²) >= 11 is 0. The lowest BCUT2D eigenvalue weighted by atomic mass is 9.70. The van der Waals surface area contributed by atoms with Crippen LogP contribution < -0.4 is 0 Å². The van der Waals surface area contributed by atoms with E-state index in [-0.39, 0.29) is 25.0 Å². The van der Waals surface area contributed by atoms with Crippen LogP contribution in [-0.2, 0) is 23.9 Å². The molecule has 8 nitrogen and oxygen atoms in total. The first-order valence-electron chi connectivity index (χ1n) is 11.6. The van der Waals surface area contributed by atoms with E-state index < -0.39 is 41.6 Å². The van der Waals surface area contributed by atoms with Gasteiger partial charge in [0.1, 0.15) is 11.6 Å². The number of likely N-dealkylation sites (tertiary alicyclic amines) is 1. The van der Waals surface area contributed by atoms with Crippen molar-refractivity contribution in [1.29, 1.82) is 0 Å². The van der Waals surface area contributed by atoms with E-state index in [1.165, 1.54) is 4.90 Å². The van der Waals surface area contributed by atoms with E-state index >= 15 is 0 Å². The smallest absolute Gasteiger partial charge is 0.312 e. The number of rotatable bonds is 11. The third-order valence-corrected chi connectivity index (χ3v) is 7.05. The summed E-state index contributed by atoms with van der Waals surface area (Å²) in [5.41, 5.74) is -1.05. The van der Waals surface area contributed by atoms with Gasteiger partial charge in [0, 0.05) is 13.1 Å². The van der Waals surface area contributed by atoms with E-state index in [9.17, 15) is 19.5 Å². The number of aliphatic hydroxyl groups is 1. The summed E-state index contributed by atoms with van der Waals surface area (Å²) in [6, 6.07) is -1.37. The first-order chi connectivity index (χ1) is 14.9. The predicted molar refractivity (Wildman–Crippen MR) is 114 cm³/mol. The Morgan fingerprint density at radius 2 is 2.16 bits per heavy atom. The van der Waals surface area contributed by atoms with E-state index in [2.05, 4.69) is 13.5 Å². The molecule has 2 bridgehead atoms. The van der Waals surface area contributed by atoms with Crippen molar-refractivity contribution in [2.45, 2.75) is 76.7 Å². The maximum Gasteiger partial charge on any atom is 0.312 e. The second-order valence-corrected chi connectivity index (χ2v) is 8.72. The molecule has 6 atom stereocenters. The number of nitrogens with zero attached hydrogens (tertiary/aromatic N) is 2. The molecule has 0 aromatic rings. The van der Waals surface area contributed by atoms with Crippen LogP contribution in [0.2, 0.25) is 0 Å². The summed E-state index contributed by atoms with van der Waals surface area (Å²) in [7, 11) is 0. The zero-order valence-electron chi connectivity index (χ0n) is 18.9. The number of aliphatic hydroxyl groups excluding tert-OH is 1. The van der Waals surface area contributed by atoms with Crippen molar-refractivity contribution < 1.29 is 29.0 Å². The van der Waals surface area contributed by atoms with Gasteiger partial charge < -0.3 is 24.4 Å². The van der Waals surface area contributed by atoms with Gasteiger partial charge in [0.05, 0.1) is 37.2 Å². The Balaban J connectivity index is 2.04. The molecule has 3 saturated heterocycles. The van der Waals surface area contributed by atoms with Gasteiger partial charge in [-0.15, -0.1) is 6.58 Å². The topological polar surface area (TPSA) is 96.4 Å². The Bertz CT molecular complexity index is 708. The van der Waals surface area contributed by atoms with Crippen LogP contribution >= 0.6 is 0 Å². The molecule has 3 aliphatic rings. The largest absolute Gasteiger partial charge is 0.466 e. The van der Waals surface area contributed by atoms with E-state index in [0.717, 1.165) is 12.8 Å². The summed E-state index contributed by atoms with van der Waals surface area (Å²) in [6.45, 7) is 10.3. The molecule has 2 amide bonds.